The Morgan fingerprint density at radius 2 is 1.30 bits per heavy atom. The van der Waals surface area contributed by atoms with Crippen LogP contribution in [0.3, 0.4) is 0 Å². The minimum Gasteiger partial charge on any atom is -0.481 e. The van der Waals surface area contributed by atoms with Crippen molar-refractivity contribution < 1.29 is 29.7 Å². The highest BCUT2D eigenvalue weighted by atomic mass is 16.4. The van der Waals surface area contributed by atoms with Crippen molar-refractivity contribution in [1.82, 2.24) is 0 Å². The molecule has 9 nitrogen and oxygen atoms in total. The van der Waals surface area contributed by atoms with Crippen molar-refractivity contribution in [2.75, 3.05) is 6.54 Å². The second-order valence-electron chi connectivity index (χ2n) is 4.11. The molecule has 0 aromatic rings. The quantitative estimate of drug-likeness (QED) is 0.283. The third-order valence-electron chi connectivity index (χ3n) is 2.27. The van der Waals surface area contributed by atoms with Crippen LogP contribution in [0, 0.1) is 0 Å². The van der Waals surface area contributed by atoms with E-state index in [4.69, 9.17) is 32.5 Å². The Balaban J connectivity index is 0. The van der Waals surface area contributed by atoms with E-state index in [-0.39, 0.29) is 12.8 Å². The number of carboxylic acids is 3. The van der Waals surface area contributed by atoms with Crippen LogP contribution >= 0.6 is 0 Å². The monoisotopic (exact) mass is 293 g/mol. The van der Waals surface area contributed by atoms with Crippen LogP contribution in [-0.2, 0) is 14.4 Å². The normalized spacial score (nSPS) is 12.8. The molecular weight excluding hydrogens is 270 g/mol. The summed E-state index contributed by atoms with van der Waals surface area (Å²) in [5.74, 6) is -3.13. The highest BCUT2D eigenvalue weighted by Crippen LogP contribution is 1.97. The van der Waals surface area contributed by atoms with E-state index >= 15 is 0 Å². The van der Waals surface area contributed by atoms with Crippen molar-refractivity contribution in [3.05, 3.63) is 0 Å². The molecule has 0 saturated carbocycles. The molecule has 0 spiro atoms. The van der Waals surface area contributed by atoms with E-state index in [1.165, 1.54) is 0 Å². The van der Waals surface area contributed by atoms with E-state index in [1.54, 1.807) is 0 Å². The van der Waals surface area contributed by atoms with Crippen molar-refractivity contribution in [2.45, 2.75) is 44.2 Å². The van der Waals surface area contributed by atoms with Gasteiger partial charge in [0.15, 0.2) is 0 Å². The largest absolute Gasteiger partial charge is 0.481 e. The molecule has 0 aromatic carbocycles. The van der Waals surface area contributed by atoms with Gasteiger partial charge >= 0.3 is 17.9 Å². The average Bonchev–Trinajstić information content (AvgIpc) is 2.36. The molecule has 0 radical (unpaired) electrons. The van der Waals surface area contributed by atoms with Gasteiger partial charge in [0, 0.05) is 6.42 Å². The van der Waals surface area contributed by atoms with Crippen molar-refractivity contribution in [3.63, 3.8) is 0 Å². The van der Waals surface area contributed by atoms with E-state index in [9.17, 15) is 14.4 Å². The minimum absolute atomic E-state index is 0.0231. The van der Waals surface area contributed by atoms with Gasteiger partial charge in [-0.1, -0.05) is 6.42 Å². The van der Waals surface area contributed by atoms with E-state index < -0.39 is 30.0 Å². The Bertz CT molecular complexity index is 311. The molecule has 0 aromatic heterocycles. The molecule has 0 rings (SSSR count). The summed E-state index contributed by atoms with van der Waals surface area (Å²) >= 11 is 0. The van der Waals surface area contributed by atoms with E-state index in [2.05, 4.69) is 0 Å². The zero-order valence-electron chi connectivity index (χ0n) is 11.2. The summed E-state index contributed by atoms with van der Waals surface area (Å²) in [5.41, 5.74) is 15.4. The SMILES string of the molecule is NCCCC[C@H](N)C(=O)O.N[C@@H](CCC(=O)O)C(=O)O. The number of carbonyl (C=O) groups is 3. The zero-order valence-corrected chi connectivity index (χ0v) is 11.2. The third kappa shape index (κ3) is 14.4. The topological polar surface area (TPSA) is 190 Å². The highest BCUT2D eigenvalue weighted by Gasteiger charge is 2.12. The van der Waals surface area contributed by atoms with Crippen LogP contribution in [0.1, 0.15) is 32.1 Å². The molecule has 0 amide bonds. The van der Waals surface area contributed by atoms with Gasteiger partial charge in [0.25, 0.3) is 0 Å². The lowest BCUT2D eigenvalue weighted by Crippen LogP contribution is -2.30. The van der Waals surface area contributed by atoms with Crippen LogP contribution < -0.4 is 17.2 Å². The Morgan fingerprint density at radius 1 is 0.850 bits per heavy atom. The smallest absolute Gasteiger partial charge is 0.320 e. The molecule has 9 N–H and O–H groups in total. The zero-order chi connectivity index (χ0) is 16.1. The molecule has 0 heterocycles. The molecular formula is C11H23N3O6. The first-order valence-corrected chi connectivity index (χ1v) is 6.11. The molecule has 9 heteroatoms. The van der Waals surface area contributed by atoms with Gasteiger partial charge in [-0.25, -0.2) is 0 Å². The van der Waals surface area contributed by atoms with E-state index in [1.807, 2.05) is 0 Å². The maximum Gasteiger partial charge on any atom is 0.320 e. The maximum absolute atomic E-state index is 10.1. The fourth-order valence-corrected chi connectivity index (χ4v) is 1.03. The first-order chi connectivity index (χ1) is 9.22. The average molecular weight is 293 g/mol. The van der Waals surface area contributed by atoms with E-state index in [0.29, 0.717) is 13.0 Å². The predicted molar refractivity (Wildman–Crippen MR) is 71.0 cm³/mol. The molecule has 20 heavy (non-hydrogen) atoms. The number of hydrogen-bond donors (Lipinski definition) is 6. The Kier molecular flexibility index (Phi) is 12.7. The summed E-state index contributed by atoms with van der Waals surface area (Å²) in [6.45, 7) is 0.604. The molecule has 0 bridgehead atoms. The predicted octanol–water partition coefficient (Wildman–Crippen LogP) is -1.21. The summed E-state index contributed by atoms with van der Waals surface area (Å²) in [5, 5.41) is 24.6. The van der Waals surface area contributed by atoms with Crippen LogP contribution in [0.2, 0.25) is 0 Å². The van der Waals surface area contributed by atoms with Gasteiger partial charge in [-0.3, -0.25) is 14.4 Å². The van der Waals surface area contributed by atoms with Crippen molar-refractivity contribution in [2.24, 2.45) is 17.2 Å². The molecule has 0 aliphatic carbocycles. The third-order valence-corrected chi connectivity index (χ3v) is 2.27. The van der Waals surface area contributed by atoms with Gasteiger partial charge in [-0.05, 0) is 25.8 Å². The molecule has 0 aliphatic heterocycles. The molecule has 2 atom stereocenters. The number of unbranched alkanes of at least 4 members (excludes halogenated alkanes) is 1. The van der Waals surface area contributed by atoms with Crippen molar-refractivity contribution in [3.8, 4) is 0 Å². The molecule has 118 valence electrons. The Labute approximate surface area is 116 Å². The number of hydrogen-bond acceptors (Lipinski definition) is 6. The van der Waals surface area contributed by atoms with Gasteiger partial charge < -0.3 is 32.5 Å². The highest BCUT2D eigenvalue weighted by molar-refractivity contribution is 5.74. The summed E-state index contributed by atoms with van der Waals surface area (Å²) < 4.78 is 0. The second-order valence-corrected chi connectivity index (χ2v) is 4.11. The Morgan fingerprint density at radius 3 is 1.65 bits per heavy atom. The summed E-state index contributed by atoms with van der Waals surface area (Å²) in [6.07, 6.45) is 1.94. The van der Waals surface area contributed by atoms with Gasteiger partial charge in [0.1, 0.15) is 12.1 Å². The van der Waals surface area contributed by atoms with Gasteiger partial charge in [-0.2, -0.15) is 0 Å². The van der Waals surface area contributed by atoms with Gasteiger partial charge in [0.2, 0.25) is 0 Å². The summed E-state index contributed by atoms with van der Waals surface area (Å²) in [4.78, 5) is 30.0. The van der Waals surface area contributed by atoms with Gasteiger partial charge in [0.05, 0.1) is 0 Å². The molecule has 0 aliphatic rings. The van der Waals surface area contributed by atoms with Crippen LogP contribution in [-0.4, -0.2) is 51.9 Å². The van der Waals surface area contributed by atoms with Crippen LogP contribution in [0.25, 0.3) is 0 Å². The van der Waals surface area contributed by atoms with Crippen molar-refractivity contribution >= 4 is 17.9 Å². The fourth-order valence-electron chi connectivity index (χ4n) is 1.03. The standard InChI is InChI=1S/C6H14N2O2.C5H9NO4/c7-4-2-1-3-5(8)6(9)10;6-3(5(9)10)1-2-4(7)8/h5H,1-4,7-8H2,(H,9,10);3H,1-2,6H2,(H,7,8)(H,9,10)/t5-;3-/m00/s1. The van der Waals surface area contributed by atoms with Gasteiger partial charge in [-0.15, -0.1) is 0 Å². The van der Waals surface area contributed by atoms with Crippen molar-refractivity contribution in [1.29, 1.82) is 0 Å². The van der Waals surface area contributed by atoms with Crippen LogP contribution in [0.15, 0.2) is 0 Å². The molecule has 0 fully saturated rings. The first-order valence-electron chi connectivity index (χ1n) is 6.11. The number of rotatable bonds is 9. The Hall–Kier alpha value is -1.71. The molecule has 0 saturated heterocycles. The lowest BCUT2D eigenvalue weighted by atomic mass is 10.1. The first kappa shape index (κ1) is 20.6. The summed E-state index contributed by atoms with van der Waals surface area (Å²) in [7, 11) is 0. The summed E-state index contributed by atoms with van der Waals surface area (Å²) in [6, 6.07) is -1.78. The number of nitrogens with two attached hydrogens (primary N) is 3. The molecule has 0 unspecified atom stereocenters. The lowest BCUT2D eigenvalue weighted by Gasteiger charge is -2.03. The number of carboxylic acid groups (broad SMARTS) is 3. The van der Waals surface area contributed by atoms with Crippen LogP contribution in [0.4, 0.5) is 0 Å². The number of aliphatic carboxylic acids is 3. The minimum atomic E-state index is -1.17. The lowest BCUT2D eigenvalue weighted by molar-refractivity contribution is -0.140. The second kappa shape index (κ2) is 12.3. The van der Waals surface area contributed by atoms with E-state index in [0.717, 1.165) is 12.8 Å². The maximum atomic E-state index is 10.1. The van der Waals surface area contributed by atoms with Crippen LogP contribution in [0.5, 0.6) is 0 Å². The fraction of sp³-hybridized carbons (Fsp3) is 0.727.